The number of piperidine rings is 1. The van der Waals surface area contributed by atoms with Crippen LogP contribution in [-0.2, 0) is 21.4 Å². The van der Waals surface area contributed by atoms with Gasteiger partial charge in [-0.1, -0.05) is 24.6 Å². The molecular formula is C21H25ClN4O3S. The first kappa shape index (κ1) is 20.9. The molecule has 1 N–H and O–H groups in total. The molecule has 9 heteroatoms. The lowest BCUT2D eigenvalue weighted by Gasteiger charge is -2.33. The zero-order valence-corrected chi connectivity index (χ0v) is 18.4. The molecule has 1 atom stereocenters. The van der Waals surface area contributed by atoms with Crippen molar-refractivity contribution in [2.75, 3.05) is 30.3 Å². The van der Waals surface area contributed by atoms with Gasteiger partial charge in [-0.25, -0.2) is 8.42 Å². The molecule has 0 saturated carbocycles. The van der Waals surface area contributed by atoms with E-state index in [1.807, 2.05) is 18.2 Å². The average molecular weight is 449 g/mol. The van der Waals surface area contributed by atoms with E-state index in [9.17, 15) is 13.2 Å². The Balaban J connectivity index is 1.38. The van der Waals surface area contributed by atoms with E-state index in [2.05, 4.69) is 21.5 Å². The number of benzene rings is 1. The van der Waals surface area contributed by atoms with Gasteiger partial charge in [-0.15, -0.1) is 4.40 Å². The van der Waals surface area contributed by atoms with E-state index < -0.39 is 10.0 Å². The summed E-state index contributed by atoms with van der Waals surface area (Å²) >= 11 is 6.53. The molecular weight excluding hydrogens is 424 g/mol. The molecule has 1 fully saturated rings. The van der Waals surface area contributed by atoms with Crippen molar-refractivity contribution in [1.29, 1.82) is 0 Å². The van der Waals surface area contributed by atoms with Crippen molar-refractivity contribution in [1.82, 2.24) is 10.2 Å². The second-order valence-electron chi connectivity index (χ2n) is 8.01. The third kappa shape index (κ3) is 4.70. The minimum Gasteiger partial charge on any atom is -0.370 e. The van der Waals surface area contributed by atoms with Crippen molar-refractivity contribution in [2.24, 2.45) is 10.3 Å². The molecule has 3 heterocycles. The van der Waals surface area contributed by atoms with Gasteiger partial charge in [0.15, 0.2) is 0 Å². The van der Waals surface area contributed by atoms with Crippen LogP contribution in [-0.4, -0.2) is 50.4 Å². The number of sulfonamides is 1. The maximum atomic E-state index is 12.6. The fraction of sp³-hybridized carbons (Fsp3) is 0.429. The predicted octanol–water partition coefficient (Wildman–Crippen LogP) is 2.69. The van der Waals surface area contributed by atoms with Gasteiger partial charge in [0.2, 0.25) is 0 Å². The summed E-state index contributed by atoms with van der Waals surface area (Å²) < 4.78 is 26.9. The highest BCUT2D eigenvalue weighted by Crippen LogP contribution is 2.30. The van der Waals surface area contributed by atoms with Crippen LogP contribution in [0.5, 0.6) is 0 Å². The highest BCUT2D eigenvalue weighted by Gasteiger charge is 2.25. The van der Waals surface area contributed by atoms with Crippen LogP contribution < -0.4 is 10.2 Å². The summed E-state index contributed by atoms with van der Waals surface area (Å²) in [5.74, 6) is 0.711. The molecule has 3 aliphatic rings. The van der Waals surface area contributed by atoms with Crippen molar-refractivity contribution in [3.05, 3.63) is 52.7 Å². The Labute approximate surface area is 182 Å². The molecule has 0 unspecified atom stereocenters. The minimum absolute atomic E-state index is 0.0591. The van der Waals surface area contributed by atoms with E-state index in [1.165, 1.54) is 12.8 Å². The van der Waals surface area contributed by atoms with Gasteiger partial charge < -0.3 is 15.1 Å². The minimum atomic E-state index is -3.41. The zero-order valence-electron chi connectivity index (χ0n) is 16.8. The molecule has 4 rings (SSSR count). The number of rotatable bonds is 4. The van der Waals surface area contributed by atoms with E-state index in [0.29, 0.717) is 28.9 Å². The number of hydrogen-bond donors (Lipinski definition) is 1. The van der Waals surface area contributed by atoms with Crippen LogP contribution in [0.25, 0.3) is 0 Å². The number of carbonyl (C=O) groups excluding carboxylic acids is 1. The molecule has 7 nitrogen and oxygen atoms in total. The fourth-order valence-corrected chi connectivity index (χ4v) is 5.24. The number of amides is 1. The Morgan fingerprint density at radius 2 is 2.13 bits per heavy atom. The molecule has 1 aromatic carbocycles. The second-order valence-corrected chi connectivity index (χ2v) is 10.2. The molecule has 0 aliphatic carbocycles. The SMILES string of the molecule is C[C@@H]1CCCN(c2ccc(CNC(=O)C3=CN4CCS(=O)(=O)N=C4C=C3)cc2Cl)C1. The Morgan fingerprint density at radius 3 is 2.90 bits per heavy atom. The number of amidine groups is 1. The summed E-state index contributed by atoms with van der Waals surface area (Å²) in [5, 5.41) is 3.60. The highest BCUT2D eigenvalue weighted by molar-refractivity contribution is 7.90. The molecule has 30 heavy (non-hydrogen) atoms. The first-order chi connectivity index (χ1) is 14.3. The van der Waals surface area contributed by atoms with Crippen LogP contribution in [0.1, 0.15) is 25.3 Å². The van der Waals surface area contributed by atoms with E-state index in [1.54, 1.807) is 23.3 Å². The highest BCUT2D eigenvalue weighted by atomic mass is 35.5. The Kier molecular flexibility index (Phi) is 5.88. The van der Waals surface area contributed by atoms with E-state index in [0.717, 1.165) is 24.3 Å². The molecule has 3 aliphatic heterocycles. The summed E-state index contributed by atoms with van der Waals surface area (Å²) in [6.45, 7) is 4.93. The quantitative estimate of drug-likeness (QED) is 0.765. The topological polar surface area (TPSA) is 82.1 Å². The Hall–Kier alpha value is -2.32. The van der Waals surface area contributed by atoms with Crippen LogP contribution in [0, 0.1) is 5.92 Å². The number of anilines is 1. The second kappa shape index (κ2) is 8.43. The maximum Gasteiger partial charge on any atom is 0.256 e. The molecule has 1 saturated heterocycles. The monoisotopic (exact) mass is 448 g/mol. The van der Waals surface area contributed by atoms with Crippen LogP contribution in [0.15, 0.2) is 46.5 Å². The number of nitrogens with zero attached hydrogens (tertiary/aromatic N) is 3. The van der Waals surface area contributed by atoms with Crippen molar-refractivity contribution < 1.29 is 13.2 Å². The van der Waals surface area contributed by atoms with Gasteiger partial charge in [0, 0.05) is 32.4 Å². The first-order valence-corrected chi connectivity index (χ1v) is 12.1. The van der Waals surface area contributed by atoms with Gasteiger partial charge in [0.05, 0.1) is 22.0 Å². The Morgan fingerprint density at radius 1 is 1.30 bits per heavy atom. The van der Waals surface area contributed by atoms with E-state index >= 15 is 0 Å². The standard InChI is InChI=1S/C21H25ClN4O3S/c1-15-3-2-8-25(13-15)19-6-4-16(11-18(19)22)12-23-21(27)17-5-7-20-24-30(28,29)10-9-26(20)14-17/h4-7,11,14-15H,2-3,8-10,12-13H2,1H3,(H,23,27)/t15-/m1/s1. The average Bonchev–Trinajstić information content (AvgIpc) is 2.71. The van der Waals surface area contributed by atoms with E-state index in [-0.39, 0.29) is 18.2 Å². The molecule has 0 spiro atoms. The van der Waals surface area contributed by atoms with Crippen LogP contribution in [0.2, 0.25) is 5.02 Å². The summed E-state index contributed by atoms with van der Waals surface area (Å²) in [5.41, 5.74) is 2.43. The number of hydrogen-bond acceptors (Lipinski definition) is 5. The number of halogens is 1. The summed E-state index contributed by atoms with van der Waals surface area (Å²) in [7, 11) is -3.41. The molecule has 0 radical (unpaired) electrons. The largest absolute Gasteiger partial charge is 0.370 e. The van der Waals surface area contributed by atoms with Crippen LogP contribution >= 0.6 is 11.6 Å². The summed E-state index contributed by atoms with van der Waals surface area (Å²) in [4.78, 5) is 16.6. The van der Waals surface area contributed by atoms with Gasteiger partial charge in [0.25, 0.3) is 15.9 Å². The van der Waals surface area contributed by atoms with Gasteiger partial charge in [0.1, 0.15) is 5.84 Å². The summed E-state index contributed by atoms with van der Waals surface area (Å²) in [6.07, 6.45) is 7.20. The number of nitrogens with one attached hydrogen (secondary N) is 1. The maximum absolute atomic E-state index is 12.6. The van der Waals surface area contributed by atoms with Gasteiger partial charge in [-0.2, -0.15) is 0 Å². The van der Waals surface area contributed by atoms with Crippen LogP contribution in [0.3, 0.4) is 0 Å². The Bertz CT molecular complexity index is 1050. The lowest BCUT2D eigenvalue weighted by atomic mass is 9.99. The van der Waals surface area contributed by atoms with Crippen molar-refractivity contribution in [3.8, 4) is 0 Å². The van der Waals surface area contributed by atoms with Gasteiger partial charge >= 0.3 is 0 Å². The molecule has 0 bridgehead atoms. The van der Waals surface area contributed by atoms with Gasteiger partial charge in [-0.3, -0.25) is 4.79 Å². The van der Waals surface area contributed by atoms with E-state index in [4.69, 9.17) is 11.6 Å². The lowest BCUT2D eigenvalue weighted by Crippen LogP contribution is -2.38. The number of carbonyl (C=O) groups is 1. The van der Waals surface area contributed by atoms with Crippen molar-refractivity contribution >= 4 is 39.1 Å². The third-order valence-electron chi connectivity index (χ3n) is 5.55. The summed E-state index contributed by atoms with van der Waals surface area (Å²) in [6, 6.07) is 5.92. The van der Waals surface area contributed by atoms with Crippen molar-refractivity contribution in [3.63, 3.8) is 0 Å². The van der Waals surface area contributed by atoms with Gasteiger partial charge in [-0.05, 0) is 48.6 Å². The molecule has 1 aromatic rings. The molecule has 0 aromatic heterocycles. The fourth-order valence-electron chi connectivity index (χ4n) is 3.94. The zero-order chi connectivity index (χ0) is 21.3. The molecule has 1 amide bonds. The third-order valence-corrected chi connectivity index (χ3v) is 7.02. The van der Waals surface area contributed by atoms with Crippen LogP contribution in [0.4, 0.5) is 5.69 Å². The molecule has 160 valence electrons. The number of fused-ring (bicyclic) bond motifs is 1. The smallest absolute Gasteiger partial charge is 0.256 e. The predicted molar refractivity (Wildman–Crippen MR) is 119 cm³/mol. The first-order valence-electron chi connectivity index (χ1n) is 10.1. The van der Waals surface area contributed by atoms with Crippen molar-refractivity contribution in [2.45, 2.75) is 26.3 Å². The lowest BCUT2D eigenvalue weighted by molar-refractivity contribution is -0.117. The normalized spacial score (nSPS) is 22.8.